The first-order chi connectivity index (χ1) is 22.3. The number of hydrogen-bond acceptors (Lipinski definition) is 8. The summed E-state index contributed by atoms with van der Waals surface area (Å²) < 4.78 is 10.5. The smallest absolute Gasteiger partial charge is 0.417 e. The maximum atomic E-state index is 13.8. The number of rotatable bonds is 11. The molecule has 0 bridgehead atoms. The zero-order valence-electron chi connectivity index (χ0n) is 25.2. The van der Waals surface area contributed by atoms with Crippen LogP contribution in [0.5, 0.6) is 5.75 Å². The van der Waals surface area contributed by atoms with Crippen molar-refractivity contribution in [3.63, 3.8) is 0 Å². The quantitative estimate of drug-likeness (QED) is 0.209. The van der Waals surface area contributed by atoms with Crippen LogP contribution < -0.4 is 10.1 Å². The molecule has 1 saturated heterocycles. The van der Waals surface area contributed by atoms with Gasteiger partial charge in [-0.05, 0) is 48.4 Å². The summed E-state index contributed by atoms with van der Waals surface area (Å²) in [5, 5.41) is 13.3. The van der Waals surface area contributed by atoms with Crippen LogP contribution >= 0.6 is 0 Å². The second-order valence-corrected chi connectivity index (χ2v) is 10.6. The van der Waals surface area contributed by atoms with Crippen molar-refractivity contribution in [1.82, 2.24) is 9.88 Å². The number of pyridine rings is 1. The van der Waals surface area contributed by atoms with Gasteiger partial charge in [0.05, 0.1) is 12.8 Å². The van der Waals surface area contributed by atoms with Crippen molar-refractivity contribution >= 4 is 35.3 Å². The summed E-state index contributed by atoms with van der Waals surface area (Å²) >= 11 is 0. The number of aliphatic imine (C=N–C) groups is 1. The number of nitrogens with zero attached hydrogens (tertiary/aromatic N) is 3. The highest BCUT2D eigenvalue weighted by Gasteiger charge is 2.41. The molecule has 0 spiro atoms. The molecular formula is C35H32N4O7. The minimum Gasteiger partial charge on any atom is -0.497 e. The fourth-order valence-corrected chi connectivity index (χ4v) is 5.35. The minimum absolute atomic E-state index is 0.0115. The molecule has 46 heavy (non-hydrogen) atoms. The number of carbonyl (C=O) groups excluding carboxylic acids is 3. The van der Waals surface area contributed by atoms with E-state index in [-0.39, 0.29) is 18.7 Å². The van der Waals surface area contributed by atoms with Crippen molar-refractivity contribution in [3.8, 4) is 5.75 Å². The lowest BCUT2D eigenvalue weighted by molar-refractivity contribution is -0.139. The molecule has 3 aromatic carbocycles. The lowest BCUT2D eigenvalue weighted by Crippen LogP contribution is -2.38. The van der Waals surface area contributed by atoms with Crippen LogP contribution in [0.15, 0.2) is 108 Å². The summed E-state index contributed by atoms with van der Waals surface area (Å²) in [6.45, 7) is 1.63. The second kappa shape index (κ2) is 14.3. The highest BCUT2D eigenvalue weighted by molar-refractivity contribution is 6.10. The Morgan fingerprint density at radius 1 is 1.00 bits per heavy atom. The first-order valence-electron chi connectivity index (χ1n) is 14.5. The molecule has 2 heterocycles. The number of aliphatic carboxylic acids is 1. The number of amides is 3. The molecule has 234 valence electrons. The van der Waals surface area contributed by atoms with Gasteiger partial charge in [0.1, 0.15) is 24.1 Å². The molecule has 3 amide bonds. The fraction of sp³-hybridized carbons (Fsp3) is 0.200. The van der Waals surface area contributed by atoms with E-state index in [1.807, 2.05) is 6.07 Å². The number of para-hydroxylation sites is 1. The number of anilines is 1. The molecule has 5 rings (SSSR count). The van der Waals surface area contributed by atoms with Gasteiger partial charge in [-0.15, -0.1) is 0 Å². The first kappa shape index (κ1) is 31.6. The Balaban J connectivity index is 1.49. The predicted molar refractivity (Wildman–Crippen MR) is 170 cm³/mol. The third kappa shape index (κ3) is 7.10. The van der Waals surface area contributed by atoms with Gasteiger partial charge in [-0.25, -0.2) is 14.5 Å². The van der Waals surface area contributed by atoms with Crippen LogP contribution in [0.2, 0.25) is 0 Å². The molecule has 11 nitrogen and oxygen atoms in total. The molecule has 1 aliphatic heterocycles. The maximum absolute atomic E-state index is 13.8. The first-order valence-corrected chi connectivity index (χ1v) is 14.5. The number of nitrogens with one attached hydrogen (secondary N) is 1. The number of benzene rings is 3. The Kier molecular flexibility index (Phi) is 9.81. The van der Waals surface area contributed by atoms with Crippen molar-refractivity contribution in [3.05, 3.63) is 126 Å². The van der Waals surface area contributed by atoms with Gasteiger partial charge in [0, 0.05) is 29.8 Å². The Labute approximate surface area is 265 Å². The van der Waals surface area contributed by atoms with E-state index in [2.05, 4.69) is 15.3 Å². The van der Waals surface area contributed by atoms with E-state index in [9.17, 15) is 24.3 Å². The van der Waals surface area contributed by atoms with E-state index < -0.39 is 41.9 Å². The van der Waals surface area contributed by atoms with Crippen LogP contribution in [0.4, 0.5) is 10.5 Å². The molecule has 4 aromatic rings. The summed E-state index contributed by atoms with van der Waals surface area (Å²) in [5.41, 5.74) is 2.66. The molecule has 11 heteroatoms. The Morgan fingerprint density at radius 3 is 2.37 bits per heavy atom. The van der Waals surface area contributed by atoms with Gasteiger partial charge in [-0.2, -0.15) is 0 Å². The van der Waals surface area contributed by atoms with Crippen LogP contribution in [-0.4, -0.2) is 64.3 Å². The lowest BCUT2D eigenvalue weighted by Gasteiger charge is -2.26. The molecule has 0 radical (unpaired) electrons. The number of methoxy groups -OCH3 is 1. The van der Waals surface area contributed by atoms with Crippen molar-refractivity contribution in [2.75, 3.05) is 19.0 Å². The molecule has 0 aliphatic carbocycles. The molecule has 1 aliphatic rings. The maximum Gasteiger partial charge on any atom is 0.417 e. The summed E-state index contributed by atoms with van der Waals surface area (Å²) in [6, 6.07) is 25.5. The van der Waals surface area contributed by atoms with Gasteiger partial charge in [-0.1, -0.05) is 66.7 Å². The Morgan fingerprint density at radius 2 is 1.70 bits per heavy atom. The molecule has 0 saturated carbocycles. The molecule has 3 atom stereocenters. The molecule has 1 fully saturated rings. The van der Waals surface area contributed by atoms with Gasteiger partial charge in [0.2, 0.25) is 5.91 Å². The minimum atomic E-state index is -1.44. The van der Waals surface area contributed by atoms with E-state index >= 15 is 0 Å². The normalized spacial score (nSPS) is 15.9. The van der Waals surface area contributed by atoms with Crippen molar-refractivity contribution in [1.29, 1.82) is 0 Å². The number of ether oxygens (including phenoxy) is 2. The number of carboxylic acids is 1. The summed E-state index contributed by atoms with van der Waals surface area (Å²) in [5.74, 6) is -2.75. The number of carbonyl (C=O) groups is 4. The van der Waals surface area contributed by atoms with Gasteiger partial charge in [0.15, 0.2) is 6.04 Å². The lowest BCUT2D eigenvalue weighted by atomic mass is 9.87. The van der Waals surface area contributed by atoms with E-state index in [4.69, 9.17) is 9.47 Å². The van der Waals surface area contributed by atoms with Crippen LogP contribution in [0.1, 0.15) is 52.5 Å². The summed E-state index contributed by atoms with van der Waals surface area (Å²) in [4.78, 5) is 62.1. The number of aromatic nitrogens is 1. The zero-order chi connectivity index (χ0) is 32.6. The SMILES string of the molecule is COc1ccc([C@@H](CC(=O)N2C(=O)OC[C@H]2c2ccccc2)[C@H](N=C(C)c2ccccc2NC(=O)c2ccccn2)C(=O)O)cc1. The number of cyclic esters (lactones) is 1. The van der Waals surface area contributed by atoms with Crippen LogP contribution in [-0.2, 0) is 14.3 Å². The highest BCUT2D eigenvalue weighted by atomic mass is 16.6. The van der Waals surface area contributed by atoms with E-state index in [1.54, 1.807) is 97.9 Å². The van der Waals surface area contributed by atoms with Gasteiger partial charge >= 0.3 is 12.1 Å². The third-order valence-electron chi connectivity index (χ3n) is 7.69. The van der Waals surface area contributed by atoms with Crippen molar-refractivity contribution in [2.45, 2.75) is 31.3 Å². The number of imide groups is 1. The predicted octanol–water partition coefficient (Wildman–Crippen LogP) is 5.50. The van der Waals surface area contributed by atoms with Crippen molar-refractivity contribution < 1.29 is 33.8 Å². The molecule has 0 unspecified atom stereocenters. The largest absolute Gasteiger partial charge is 0.497 e. The van der Waals surface area contributed by atoms with Crippen LogP contribution in [0, 0.1) is 0 Å². The van der Waals surface area contributed by atoms with E-state index in [1.165, 1.54) is 13.3 Å². The van der Waals surface area contributed by atoms with Gasteiger partial charge in [0.25, 0.3) is 5.91 Å². The van der Waals surface area contributed by atoms with Crippen molar-refractivity contribution in [2.24, 2.45) is 4.99 Å². The highest BCUT2D eigenvalue weighted by Crippen LogP contribution is 2.34. The topological polar surface area (TPSA) is 147 Å². The monoisotopic (exact) mass is 620 g/mol. The molecule has 2 N–H and O–H groups in total. The Bertz CT molecular complexity index is 1740. The van der Waals surface area contributed by atoms with Gasteiger partial charge < -0.3 is 19.9 Å². The van der Waals surface area contributed by atoms with Gasteiger partial charge in [-0.3, -0.25) is 19.6 Å². The second-order valence-electron chi connectivity index (χ2n) is 10.6. The number of carboxylic acid groups (broad SMARTS) is 1. The van der Waals surface area contributed by atoms with Crippen LogP contribution in [0.25, 0.3) is 0 Å². The Hall–Kier alpha value is -5.84. The summed E-state index contributed by atoms with van der Waals surface area (Å²) in [6.07, 6.45) is 0.364. The van der Waals surface area contributed by atoms with Crippen LogP contribution in [0.3, 0.4) is 0 Å². The average molecular weight is 621 g/mol. The van der Waals surface area contributed by atoms with E-state index in [0.29, 0.717) is 28.3 Å². The zero-order valence-corrected chi connectivity index (χ0v) is 25.2. The number of hydrogen-bond donors (Lipinski definition) is 2. The fourth-order valence-electron chi connectivity index (χ4n) is 5.35. The molecular weight excluding hydrogens is 588 g/mol. The average Bonchev–Trinajstić information content (AvgIpc) is 3.48. The van der Waals surface area contributed by atoms with E-state index in [0.717, 1.165) is 10.5 Å². The third-order valence-corrected chi connectivity index (χ3v) is 7.69. The molecule has 1 aromatic heterocycles. The summed E-state index contributed by atoms with van der Waals surface area (Å²) in [7, 11) is 1.51. The standard InChI is InChI=1S/C35H32N4O7/c1-22(26-12-6-7-13-28(26)38-33(41)29-14-8-9-19-36-29)37-32(34(42)43)27(23-15-17-25(45-2)18-16-23)20-31(40)39-30(21-46-35(39)44)24-10-4-3-5-11-24/h3-19,27,30,32H,20-21H2,1-2H3,(H,38,41)(H,42,43)/t27-,30+,32+/m1/s1.